The first-order valence-corrected chi connectivity index (χ1v) is 10.5. The van der Waals surface area contributed by atoms with Gasteiger partial charge in [0.1, 0.15) is 18.8 Å². The lowest BCUT2D eigenvalue weighted by molar-refractivity contribution is -0.385. The molecule has 5 rings (SSSR count). The minimum absolute atomic E-state index is 0.142. The topological polar surface area (TPSA) is 81.9 Å². The highest BCUT2D eigenvalue weighted by Crippen LogP contribution is 2.52. The number of carbonyl (C=O) groups excluding carboxylic acids is 1. The van der Waals surface area contributed by atoms with Crippen molar-refractivity contribution in [1.29, 1.82) is 0 Å². The van der Waals surface area contributed by atoms with Crippen LogP contribution in [0, 0.1) is 10.1 Å². The molecule has 0 aromatic heterocycles. The second kappa shape index (κ2) is 7.00. The van der Waals surface area contributed by atoms with Crippen molar-refractivity contribution in [2.45, 2.75) is 44.1 Å². The van der Waals surface area contributed by atoms with E-state index < -0.39 is 4.92 Å². The van der Waals surface area contributed by atoms with E-state index in [4.69, 9.17) is 9.47 Å². The van der Waals surface area contributed by atoms with Crippen molar-refractivity contribution in [3.8, 4) is 11.5 Å². The summed E-state index contributed by atoms with van der Waals surface area (Å²) in [5, 5.41) is 11.5. The number of ether oxygens (including phenoxy) is 2. The highest BCUT2D eigenvalue weighted by Gasteiger charge is 2.47. The number of para-hydroxylation sites is 1. The number of nitro groups is 1. The maximum atomic E-state index is 13.5. The average molecular weight is 408 g/mol. The summed E-state index contributed by atoms with van der Waals surface area (Å²) in [5.74, 6) is 1.19. The van der Waals surface area contributed by atoms with Crippen LogP contribution in [0.5, 0.6) is 11.5 Å². The second-order valence-corrected chi connectivity index (χ2v) is 8.45. The molecule has 30 heavy (non-hydrogen) atoms. The van der Waals surface area contributed by atoms with Crippen LogP contribution >= 0.6 is 0 Å². The van der Waals surface area contributed by atoms with Gasteiger partial charge in [-0.1, -0.05) is 25.0 Å². The van der Waals surface area contributed by atoms with Crippen molar-refractivity contribution >= 4 is 11.6 Å². The first-order valence-electron chi connectivity index (χ1n) is 10.5. The minimum atomic E-state index is -0.483. The molecule has 156 valence electrons. The van der Waals surface area contributed by atoms with Gasteiger partial charge in [-0.25, -0.2) is 0 Å². The Kier molecular flexibility index (Phi) is 4.41. The maximum absolute atomic E-state index is 13.5. The van der Waals surface area contributed by atoms with Crippen LogP contribution in [0.2, 0.25) is 0 Å². The van der Waals surface area contributed by atoms with Crippen LogP contribution in [0.1, 0.15) is 60.1 Å². The monoisotopic (exact) mass is 408 g/mol. The first kappa shape index (κ1) is 18.9. The number of hydrogen-bond donors (Lipinski definition) is 0. The Balaban J connectivity index is 1.61. The quantitative estimate of drug-likeness (QED) is 0.544. The van der Waals surface area contributed by atoms with Crippen molar-refractivity contribution in [3.63, 3.8) is 0 Å². The molecule has 1 saturated carbocycles. The summed E-state index contributed by atoms with van der Waals surface area (Å²) < 4.78 is 11.6. The number of nitrogens with zero attached hydrogens (tertiary/aromatic N) is 2. The Morgan fingerprint density at radius 2 is 1.80 bits per heavy atom. The van der Waals surface area contributed by atoms with E-state index in [-0.39, 0.29) is 28.6 Å². The molecule has 2 heterocycles. The summed E-state index contributed by atoms with van der Waals surface area (Å²) in [5.41, 5.74) is 2.14. The Labute approximate surface area is 174 Å². The molecular weight excluding hydrogens is 384 g/mol. The number of benzene rings is 2. The molecule has 0 radical (unpaired) electrons. The van der Waals surface area contributed by atoms with Crippen molar-refractivity contribution in [2.24, 2.45) is 0 Å². The van der Waals surface area contributed by atoms with E-state index in [0.29, 0.717) is 25.5 Å². The van der Waals surface area contributed by atoms with E-state index >= 15 is 0 Å². The predicted molar refractivity (Wildman–Crippen MR) is 110 cm³/mol. The Bertz CT molecular complexity index is 1030. The lowest BCUT2D eigenvalue weighted by atomic mass is 9.71. The van der Waals surface area contributed by atoms with Crippen molar-refractivity contribution in [1.82, 2.24) is 4.90 Å². The van der Waals surface area contributed by atoms with Crippen LogP contribution in [0.25, 0.3) is 0 Å². The summed E-state index contributed by atoms with van der Waals surface area (Å²) in [6.07, 6.45) is 4.20. The van der Waals surface area contributed by atoms with Gasteiger partial charge >= 0.3 is 0 Å². The highest BCUT2D eigenvalue weighted by atomic mass is 16.6. The summed E-state index contributed by atoms with van der Waals surface area (Å²) in [7, 11) is 0. The average Bonchev–Trinajstić information content (AvgIpc) is 3.24. The predicted octanol–water partition coefficient (Wildman–Crippen LogP) is 4.39. The molecule has 2 aromatic carbocycles. The van der Waals surface area contributed by atoms with Crippen molar-refractivity contribution in [2.75, 3.05) is 19.8 Å². The highest BCUT2D eigenvalue weighted by molar-refractivity contribution is 5.98. The molecule has 7 heteroatoms. The number of amides is 1. The Morgan fingerprint density at radius 1 is 1.13 bits per heavy atom. The fraction of sp³-hybridized carbons (Fsp3) is 0.435. The fourth-order valence-corrected chi connectivity index (χ4v) is 5.32. The molecule has 1 unspecified atom stereocenters. The Hall–Kier alpha value is -3.09. The number of carbonyl (C=O) groups is 1. The fourth-order valence-electron chi connectivity index (χ4n) is 5.32. The molecule has 1 amide bonds. The van der Waals surface area contributed by atoms with Crippen LogP contribution in [0.4, 0.5) is 5.69 Å². The van der Waals surface area contributed by atoms with Gasteiger partial charge in [0.15, 0.2) is 11.5 Å². The molecule has 3 aliphatic rings. The van der Waals surface area contributed by atoms with E-state index in [1.165, 1.54) is 11.6 Å². The SMILES string of the molecule is CC1c2cc3c(cc2C2(CCCC2)CN1C(=O)c1ccccc1[N+](=O)[O-])OCCO3. The minimum Gasteiger partial charge on any atom is -0.486 e. The molecule has 2 aromatic rings. The van der Waals surface area contributed by atoms with Crippen molar-refractivity contribution in [3.05, 3.63) is 63.2 Å². The van der Waals surface area contributed by atoms with Gasteiger partial charge in [0, 0.05) is 18.0 Å². The van der Waals surface area contributed by atoms with Gasteiger partial charge in [0.2, 0.25) is 0 Å². The van der Waals surface area contributed by atoms with Gasteiger partial charge in [0.25, 0.3) is 11.6 Å². The number of nitro benzene ring substituents is 1. The molecule has 1 atom stereocenters. The van der Waals surface area contributed by atoms with Gasteiger partial charge in [-0.15, -0.1) is 0 Å². The normalized spacial score (nSPS) is 21.4. The standard InChI is InChI=1S/C23H24N2O5/c1-15-17-12-20-21(30-11-10-29-20)13-18(17)23(8-4-5-9-23)14-24(15)22(26)16-6-2-3-7-19(16)25(27)28/h2-3,6-7,12-13,15H,4-5,8-11,14H2,1H3. The van der Waals surface area contributed by atoms with Gasteiger partial charge in [-0.3, -0.25) is 14.9 Å². The van der Waals surface area contributed by atoms with Crippen LogP contribution in [0.15, 0.2) is 36.4 Å². The molecule has 0 saturated heterocycles. The van der Waals surface area contributed by atoms with E-state index in [1.54, 1.807) is 18.2 Å². The van der Waals surface area contributed by atoms with Gasteiger partial charge < -0.3 is 14.4 Å². The van der Waals surface area contributed by atoms with E-state index in [0.717, 1.165) is 37.0 Å². The zero-order chi connectivity index (χ0) is 20.9. The van der Waals surface area contributed by atoms with Gasteiger partial charge in [0.05, 0.1) is 11.0 Å². The number of rotatable bonds is 2. The van der Waals surface area contributed by atoms with Crippen LogP contribution < -0.4 is 9.47 Å². The molecule has 1 fully saturated rings. The second-order valence-electron chi connectivity index (χ2n) is 8.45. The zero-order valence-corrected chi connectivity index (χ0v) is 16.9. The van der Waals surface area contributed by atoms with E-state index in [2.05, 4.69) is 6.07 Å². The molecule has 0 bridgehead atoms. The maximum Gasteiger partial charge on any atom is 0.282 e. The molecule has 0 N–H and O–H groups in total. The summed E-state index contributed by atoms with van der Waals surface area (Å²) in [6, 6.07) is 10.1. The van der Waals surface area contributed by atoms with E-state index in [9.17, 15) is 14.9 Å². The lowest BCUT2D eigenvalue weighted by Crippen LogP contribution is -2.48. The third kappa shape index (κ3) is 2.83. The smallest absolute Gasteiger partial charge is 0.282 e. The molecule has 2 aliphatic heterocycles. The largest absolute Gasteiger partial charge is 0.486 e. The molecular formula is C23H24N2O5. The van der Waals surface area contributed by atoms with E-state index in [1.807, 2.05) is 17.9 Å². The summed E-state index contributed by atoms with van der Waals surface area (Å²) >= 11 is 0. The lowest BCUT2D eigenvalue weighted by Gasteiger charge is -2.46. The Morgan fingerprint density at radius 3 is 2.50 bits per heavy atom. The molecule has 7 nitrogen and oxygen atoms in total. The third-order valence-corrected chi connectivity index (χ3v) is 6.83. The summed E-state index contributed by atoms with van der Waals surface area (Å²) in [4.78, 5) is 26.4. The van der Waals surface area contributed by atoms with Crippen LogP contribution in [-0.4, -0.2) is 35.5 Å². The van der Waals surface area contributed by atoms with Gasteiger partial charge in [-0.2, -0.15) is 0 Å². The zero-order valence-electron chi connectivity index (χ0n) is 16.9. The molecule has 1 aliphatic carbocycles. The van der Waals surface area contributed by atoms with Crippen LogP contribution in [0.3, 0.4) is 0 Å². The molecule has 1 spiro atoms. The number of fused-ring (bicyclic) bond motifs is 3. The van der Waals surface area contributed by atoms with Gasteiger partial charge in [-0.05, 0) is 49.1 Å². The third-order valence-electron chi connectivity index (χ3n) is 6.83. The first-order chi connectivity index (χ1) is 14.5. The van der Waals surface area contributed by atoms with Crippen LogP contribution in [-0.2, 0) is 5.41 Å². The summed E-state index contributed by atoms with van der Waals surface area (Å²) in [6.45, 7) is 3.59. The number of hydrogen-bond acceptors (Lipinski definition) is 5. The van der Waals surface area contributed by atoms with Crippen molar-refractivity contribution < 1.29 is 19.2 Å².